The van der Waals surface area contributed by atoms with E-state index in [-0.39, 0.29) is 30.5 Å². The number of nitrogens with zero attached hydrogens (tertiary/aromatic N) is 2. The van der Waals surface area contributed by atoms with Crippen molar-refractivity contribution in [2.24, 2.45) is 4.99 Å². The van der Waals surface area contributed by atoms with Crippen molar-refractivity contribution in [1.82, 2.24) is 15.6 Å². The van der Waals surface area contributed by atoms with Crippen LogP contribution < -0.4 is 10.6 Å². The second-order valence-corrected chi connectivity index (χ2v) is 7.29. The summed E-state index contributed by atoms with van der Waals surface area (Å²) < 4.78 is 36.4. The topological polar surface area (TPSA) is 49.3 Å². The molecule has 0 saturated carbocycles. The van der Waals surface area contributed by atoms with E-state index in [1.807, 2.05) is 18.4 Å². The fourth-order valence-corrected chi connectivity index (χ4v) is 3.63. The summed E-state index contributed by atoms with van der Waals surface area (Å²) in [5.74, 6) is 0.381. The Balaban J connectivity index is 0.00000312. The minimum Gasteiger partial charge on any atom is -0.356 e. The number of halogens is 4. The molecule has 0 amide bonds. The molecule has 0 saturated heterocycles. The van der Waals surface area contributed by atoms with Crippen molar-refractivity contribution in [2.45, 2.75) is 25.9 Å². The molecule has 2 aromatic heterocycles. The van der Waals surface area contributed by atoms with E-state index in [4.69, 9.17) is 0 Å². The van der Waals surface area contributed by atoms with E-state index in [2.05, 4.69) is 26.7 Å². The van der Waals surface area contributed by atoms with Gasteiger partial charge in [0.25, 0.3) is 0 Å². The summed E-state index contributed by atoms with van der Waals surface area (Å²) in [5, 5.41) is 8.76. The van der Waals surface area contributed by atoms with Crippen LogP contribution in [0.25, 0.3) is 10.6 Å². The number of alkyl halides is 3. The van der Waals surface area contributed by atoms with Crippen LogP contribution in [0, 0.1) is 6.92 Å². The van der Waals surface area contributed by atoms with Gasteiger partial charge in [0.1, 0.15) is 0 Å². The molecule has 10 heteroatoms. The quantitative estimate of drug-likeness (QED) is 0.347. The number of nitrogens with one attached hydrogen (secondary N) is 2. The van der Waals surface area contributed by atoms with Crippen molar-refractivity contribution in [3.05, 3.63) is 27.4 Å². The van der Waals surface area contributed by atoms with Crippen molar-refractivity contribution < 1.29 is 13.2 Å². The molecule has 2 N–H and O–H groups in total. The molecule has 25 heavy (non-hydrogen) atoms. The number of aliphatic imine (C=N–C) groups is 1. The molecular weight excluding hydrogens is 484 g/mol. The van der Waals surface area contributed by atoms with E-state index in [1.54, 1.807) is 22.7 Å². The summed E-state index contributed by atoms with van der Waals surface area (Å²) in [6, 6.07) is 4.10. The van der Waals surface area contributed by atoms with Gasteiger partial charge in [-0.2, -0.15) is 13.2 Å². The van der Waals surface area contributed by atoms with Crippen molar-refractivity contribution >= 4 is 52.6 Å². The van der Waals surface area contributed by atoms with E-state index in [1.165, 1.54) is 11.9 Å². The lowest BCUT2D eigenvalue weighted by Gasteiger charge is -2.12. The number of thiazole rings is 1. The number of aryl methyl sites for hydroxylation is 1. The molecule has 0 atom stereocenters. The summed E-state index contributed by atoms with van der Waals surface area (Å²) in [7, 11) is 1.54. The van der Waals surface area contributed by atoms with Crippen LogP contribution in [0.2, 0.25) is 0 Å². The number of aromatic nitrogens is 1. The summed E-state index contributed by atoms with van der Waals surface area (Å²) in [4.78, 5) is 10.7. The van der Waals surface area contributed by atoms with Gasteiger partial charge in [-0.3, -0.25) is 4.99 Å². The van der Waals surface area contributed by atoms with Gasteiger partial charge in [-0.1, -0.05) is 0 Å². The molecule has 0 aliphatic heterocycles. The van der Waals surface area contributed by atoms with Gasteiger partial charge in [0.2, 0.25) is 0 Å². The van der Waals surface area contributed by atoms with Crippen LogP contribution in [0.5, 0.6) is 0 Å². The Labute approximate surface area is 170 Å². The van der Waals surface area contributed by atoms with Crippen LogP contribution in [-0.2, 0) is 6.42 Å². The number of rotatable bonds is 6. The Morgan fingerprint density at radius 1 is 1.24 bits per heavy atom. The highest BCUT2D eigenvalue weighted by Gasteiger charge is 2.26. The summed E-state index contributed by atoms with van der Waals surface area (Å²) >= 11 is 3.30. The fraction of sp³-hybridized carbons (Fsp3) is 0.467. The smallest absolute Gasteiger partial charge is 0.356 e. The summed E-state index contributed by atoms with van der Waals surface area (Å²) in [5.41, 5.74) is 0.992. The standard InChI is InChI=1S/C15H19F3N4S2.HI/c1-10-22-12(9-23-10)13-4-3-11(24-13)5-7-20-14(19-2)21-8-6-15(16,17)18;/h3-4,9H,5-8H2,1-2H3,(H2,19,20,21);1H. The molecule has 2 rings (SSSR count). The molecule has 0 aliphatic carbocycles. The van der Waals surface area contributed by atoms with Gasteiger partial charge >= 0.3 is 6.18 Å². The van der Waals surface area contributed by atoms with Crippen LogP contribution in [0.1, 0.15) is 16.3 Å². The maximum Gasteiger partial charge on any atom is 0.390 e. The summed E-state index contributed by atoms with van der Waals surface area (Å²) in [6.45, 7) is 2.39. The zero-order valence-corrected chi connectivity index (χ0v) is 17.8. The Bertz CT molecular complexity index is 682. The van der Waals surface area contributed by atoms with Gasteiger partial charge < -0.3 is 10.6 Å². The lowest BCUT2D eigenvalue weighted by Crippen LogP contribution is -2.39. The van der Waals surface area contributed by atoms with Crippen LogP contribution in [0.15, 0.2) is 22.5 Å². The molecule has 2 heterocycles. The van der Waals surface area contributed by atoms with Gasteiger partial charge in [0.15, 0.2) is 5.96 Å². The molecule has 0 fully saturated rings. The second-order valence-electron chi connectivity index (χ2n) is 5.06. The highest BCUT2D eigenvalue weighted by molar-refractivity contribution is 14.0. The third-order valence-corrected chi connectivity index (χ3v) is 5.06. The van der Waals surface area contributed by atoms with Gasteiger partial charge in [0.05, 0.1) is 22.0 Å². The molecule has 0 radical (unpaired) electrons. The monoisotopic (exact) mass is 504 g/mol. The van der Waals surface area contributed by atoms with E-state index in [9.17, 15) is 13.2 Å². The van der Waals surface area contributed by atoms with Crippen molar-refractivity contribution in [3.63, 3.8) is 0 Å². The lowest BCUT2D eigenvalue weighted by atomic mass is 10.3. The van der Waals surface area contributed by atoms with E-state index >= 15 is 0 Å². The average Bonchev–Trinajstić information content (AvgIpc) is 3.13. The van der Waals surface area contributed by atoms with Gasteiger partial charge in [-0.25, -0.2) is 4.98 Å². The molecule has 140 valence electrons. The minimum atomic E-state index is -4.16. The van der Waals surface area contributed by atoms with E-state index < -0.39 is 12.6 Å². The van der Waals surface area contributed by atoms with E-state index in [0.29, 0.717) is 12.5 Å². The molecular formula is C15H20F3IN4S2. The highest BCUT2D eigenvalue weighted by atomic mass is 127. The first-order valence-electron chi connectivity index (χ1n) is 7.40. The second kappa shape index (κ2) is 10.3. The average molecular weight is 504 g/mol. The lowest BCUT2D eigenvalue weighted by molar-refractivity contribution is -0.132. The maximum absolute atomic E-state index is 12.1. The first-order valence-corrected chi connectivity index (χ1v) is 9.09. The zero-order valence-electron chi connectivity index (χ0n) is 13.8. The van der Waals surface area contributed by atoms with Crippen molar-refractivity contribution in [3.8, 4) is 10.6 Å². The Hall–Kier alpha value is -0.880. The number of guanidine groups is 1. The zero-order chi connectivity index (χ0) is 17.6. The Morgan fingerprint density at radius 3 is 2.56 bits per heavy atom. The van der Waals surface area contributed by atoms with E-state index in [0.717, 1.165) is 22.0 Å². The predicted octanol–water partition coefficient (Wildman–Crippen LogP) is 4.46. The highest BCUT2D eigenvalue weighted by Crippen LogP contribution is 2.29. The van der Waals surface area contributed by atoms with Crippen LogP contribution >= 0.6 is 46.7 Å². The van der Waals surface area contributed by atoms with Gasteiger partial charge in [0, 0.05) is 30.4 Å². The van der Waals surface area contributed by atoms with Gasteiger partial charge in [-0.15, -0.1) is 46.7 Å². The molecule has 0 spiro atoms. The molecule has 4 nitrogen and oxygen atoms in total. The van der Waals surface area contributed by atoms with Crippen molar-refractivity contribution in [1.29, 1.82) is 0 Å². The molecule has 0 aliphatic rings. The largest absolute Gasteiger partial charge is 0.390 e. The maximum atomic E-state index is 12.1. The Kier molecular flexibility index (Phi) is 9.14. The number of hydrogen-bond donors (Lipinski definition) is 2. The number of thiophene rings is 1. The fourth-order valence-electron chi connectivity index (χ4n) is 1.97. The molecule has 0 bridgehead atoms. The first kappa shape index (κ1) is 22.2. The Morgan fingerprint density at radius 2 is 1.96 bits per heavy atom. The van der Waals surface area contributed by atoms with Crippen molar-refractivity contribution in [2.75, 3.05) is 20.1 Å². The molecule has 0 unspecified atom stereocenters. The third kappa shape index (κ3) is 7.90. The van der Waals surface area contributed by atoms with Crippen LogP contribution in [0.3, 0.4) is 0 Å². The summed E-state index contributed by atoms with van der Waals surface area (Å²) in [6.07, 6.45) is -4.27. The first-order chi connectivity index (χ1) is 11.4. The molecule has 0 aromatic carbocycles. The molecule has 2 aromatic rings. The number of hydrogen-bond acceptors (Lipinski definition) is 4. The predicted molar refractivity (Wildman–Crippen MR) is 109 cm³/mol. The van der Waals surface area contributed by atoms with Gasteiger partial charge in [-0.05, 0) is 25.5 Å². The minimum absolute atomic E-state index is 0. The normalized spacial score (nSPS) is 12.0. The van der Waals surface area contributed by atoms with Crippen LogP contribution in [0.4, 0.5) is 13.2 Å². The van der Waals surface area contributed by atoms with Crippen LogP contribution in [-0.4, -0.2) is 37.3 Å². The SMILES string of the molecule is CN=C(NCCc1ccc(-c2csc(C)n2)s1)NCCC(F)(F)F.I. The third-order valence-electron chi connectivity index (χ3n) is 3.12.